The molecule has 4 aromatic heterocycles. The van der Waals surface area contributed by atoms with Gasteiger partial charge in [-0.2, -0.15) is 0 Å². The fourth-order valence-electron chi connectivity index (χ4n) is 4.11. The van der Waals surface area contributed by atoms with Gasteiger partial charge in [0.2, 0.25) is 0 Å². The van der Waals surface area contributed by atoms with Gasteiger partial charge in [-0.3, -0.25) is 9.55 Å². The van der Waals surface area contributed by atoms with Crippen LogP contribution in [0.1, 0.15) is 26.3 Å². The molecule has 2 N–H and O–H groups in total. The van der Waals surface area contributed by atoms with E-state index in [9.17, 15) is 0 Å². The van der Waals surface area contributed by atoms with Crippen molar-refractivity contribution >= 4 is 25.3 Å². The number of hydrogen-bond donors (Lipinski definition) is 1. The van der Waals surface area contributed by atoms with Crippen LogP contribution in [0.15, 0.2) is 73.2 Å². The Morgan fingerprint density at radius 2 is 1.69 bits per heavy atom. The van der Waals surface area contributed by atoms with Crippen molar-refractivity contribution in [1.82, 2.24) is 24.5 Å². The molecule has 0 bridgehead atoms. The largest absolute Gasteiger partial charge is 0.494 e. The van der Waals surface area contributed by atoms with Crippen LogP contribution in [0.2, 0.25) is 18.1 Å². The Labute approximate surface area is 230 Å². The lowest BCUT2D eigenvalue weighted by atomic mass is 10.1. The maximum atomic E-state index is 6.44. The van der Waals surface area contributed by atoms with Gasteiger partial charge in [0, 0.05) is 23.6 Å². The molecule has 0 aliphatic carbocycles. The monoisotopic (exact) mass is 538 g/mol. The van der Waals surface area contributed by atoms with Crippen molar-refractivity contribution in [3.8, 4) is 34.1 Å². The zero-order chi connectivity index (χ0) is 27.8. The summed E-state index contributed by atoms with van der Waals surface area (Å²) in [4.78, 5) is 18.4. The minimum Gasteiger partial charge on any atom is -0.494 e. The molecule has 4 heterocycles. The number of rotatable bonds is 7. The fourth-order valence-corrected chi connectivity index (χ4v) is 5.08. The molecule has 0 unspecified atom stereocenters. The van der Waals surface area contributed by atoms with Crippen molar-refractivity contribution < 1.29 is 9.16 Å². The number of nitrogen functional groups attached to an aromatic ring is 1. The van der Waals surface area contributed by atoms with Gasteiger partial charge in [-0.1, -0.05) is 32.9 Å². The van der Waals surface area contributed by atoms with Gasteiger partial charge < -0.3 is 14.9 Å². The van der Waals surface area contributed by atoms with Crippen LogP contribution in [0, 0.1) is 0 Å². The minimum absolute atomic E-state index is 0.155. The van der Waals surface area contributed by atoms with Gasteiger partial charge in [-0.15, -0.1) is 0 Å². The lowest BCUT2D eigenvalue weighted by Crippen LogP contribution is -2.40. The first-order chi connectivity index (χ1) is 18.6. The molecule has 0 radical (unpaired) electrons. The Kier molecular flexibility index (Phi) is 6.96. The molecule has 39 heavy (non-hydrogen) atoms. The number of methoxy groups -OCH3 is 1. The molecule has 0 aliphatic heterocycles. The van der Waals surface area contributed by atoms with Crippen LogP contribution in [0.4, 0.5) is 5.82 Å². The third-order valence-electron chi connectivity index (χ3n) is 7.46. The van der Waals surface area contributed by atoms with Crippen molar-refractivity contribution in [2.75, 3.05) is 12.8 Å². The maximum absolute atomic E-state index is 6.44. The summed E-state index contributed by atoms with van der Waals surface area (Å²) < 4.78 is 14.0. The van der Waals surface area contributed by atoms with E-state index in [0.717, 1.165) is 33.6 Å². The standard InChI is InChI=1S/C30H34N6O2Si/c1-30(2,3)39(5,6)38-19-20-9-11-21(12-10-20)36-28(23-8-7-16-33-27(23)31)35-25-14-13-24(34-29(25)36)22-15-17-32-18-26(22)37-4/h7-18H,19H2,1-6H3,(H2,31,33). The number of aromatic nitrogens is 5. The van der Waals surface area contributed by atoms with Gasteiger partial charge in [0.15, 0.2) is 19.8 Å². The molecule has 0 fully saturated rings. The van der Waals surface area contributed by atoms with Gasteiger partial charge in [0.05, 0.1) is 31.2 Å². The number of ether oxygens (including phenoxy) is 1. The molecule has 0 spiro atoms. The van der Waals surface area contributed by atoms with E-state index in [0.29, 0.717) is 29.6 Å². The molecule has 0 amide bonds. The number of pyridine rings is 3. The Hall–Kier alpha value is -4.08. The van der Waals surface area contributed by atoms with Crippen molar-refractivity contribution in [3.05, 3.63) is 78.8 Å². The van der Waals surface area contributed by atoms with E-state index in [2.05, 4.69) is 68.1 Å². The molecular weight excluding hydrogens is 504 g/mol. The van der Waals surface area contributed by atoms with Crippen LogP contribution in [0.5, 0.6) is 5.75 Å². The fraction of sp³-hybridized carbons (Fsp3) is 0.267. The molecule has 9 heteroatoms. The van der Waals surface area contributed by atoms with Crippen LogP contribution in [0.25, 0.3) is 39.5 Å². The Balaban J connectivity index is 1.61. The quantitative estimate of drug-likeness (QED) is 0.231. The van der Waals surface area contributed by atoms with E-state index in [1.807, 2.05) is 34.9 Å². The number of anilines is 1. The van der Waals surface area contributed by atoms with Crippen LogP contribution in [-0.2, 0) is 11.0 Å². The Morgan fingerprint density at radius 3 is 2.38 bits per heavy atom. The molecule has 200 valence electrons. The summed E-state index contributed by atoms with van der Waals surface area (Å²) in [7, 11) is -0.229. The van der Waals surface area contributed by atoms with E-state index in [4.69, 9.17) is 24.9 Å². The number of fused-ring (bicyclic) bond motifs is 1. The highest BCUT2D eigenvalue weighted by Gasteiger charge is 2.37. The lowest BCUT2D eigenvalue weighted by Gasteiger charge is -2.36. The smallest absolute Gasteiger partial charge is 0.192 e. The topological polar surface area (TPSA) is 101 Å². The molecule has 1 aromatic carbocycles. The molecule has 5 aromatic rings. The number of benzene rings is 1. The Bertz CT molecular complexity index is 1620. The first kappa shape index (κ1) is 26.5. The second-order valence-electron chi connectivity index (χ2n) is 11.0. The summed E-state index contributed by atoms with van der Waals surface area (Å²) in [6.07, 6.45) is 5.09. The SMILES string of the molecule is COc1cnccc1-c1ccc2nc(-c3cccnc3N)n(-c3ccc(CO[Si](C)(C)C(C)(C)C)cc3)c2n1. The first-order valence-electron chi connectivity index (χ1n) is 12.9. The summed E-state index contributed by atoms with van der Waals surface area (Å²) in [5, 5.41) is 0.155. The van der Waals surface area contributed by atoms with Crippen LogP contribution >= 0.6 is 0 Å². The molecular formula is C30H34N6O2Si. The highest BCUT2D eigenvalue weighted by molar-refractivity contribution is 6.74. The number of nitrogens with two attached hydrogens (primary N) is 1. The van der Waals surface area contributed by atoms with Crippen molar-refractivity contribution in [1.29, 1.82) is 0 Å². The van der Waals surface area contributed by atoms with Crippen LogP contribution in [0.3, 0.4) is 0 Å². The number of imidazole rings is 1. The molecule has 0 saturated heterocycles. The molecule has 0 saturated carbocycles. The Morgan fingerprint density at radius 1 is 0.923 bits per heavy atom. The number of nitrogens with zero attached hydrogens (tertiary/aromatic N) is 5. The summed E-state index contributed by atoms with van der Waals surface area (Å²) in [6, 6.07) is 17.9. The van der Waals surface area contributed by atoms with Crippen molar-refractivity contribution in [2.45, 2.75) is 45.5 Å². The first-order valence-corrected chi connectivity index (χ1v) is 15.8. The van der Waals surface area contributed by atoms with Gasteiger partial charge in [0.1, 0.15) is 17.1 Å². The maximum Gasteiger partial charge on any atom is 0.192 e. The predicted octanol–water partition coefficient (Wildman–Crippen LogP) is 6.66. The van der Waals surface area contributed by atoms with Crippen molar-refractivity contribution in [2.24, 2.45) is 0 Å². The van der Waals surface area contributed by atoms with E-state index >= 15 is 0 Å². The van der Waals surface area contributed by atoms with Gasteiger partial charge in [-0.25, -0.2) is 15.0 Å². The average molecular weight is 539 g/mol. The minimum atomic E-state index is -1.86. The van der Waals surface area contributed by atoms with Crippen molar-refractivity contribution in [3.63, 3.8) is 0 Å². The predicted molar refractivity (Wildman–Crippen MR) is 158 cm³/mol. The highest BCUT2D eigenvalue weighted by atomic mass is 28.4. The van der Waals surface area contributed by atoms with E-state index in [1.165, 1.54) is 0 Å². The normalized spacial score (nSPS) is 12.2. The lowest BCUT2D eigenvalue weighted by molar-refractivity contribution is 0.276. The second-order valence-corrected chi connectivity index (χ2v) is 15.8. The average Bonchev–Trinajstić information content (AvgIpc) is 3.30. The highest BCUT2D eigenvalue weighted by Crippen LogP contribution is 2.37. The summed E-state index contributed by atoms with van der Waals surface area (Å²) >= 11 is 0. The summed E-state index contributed by atoms with van der Waals surface area (Å²) in [6.45, 7) is 11.9. The molecule has 0 aliphatic rings. The third-order valence-corrected chi connectivity index (χ3v) is 11.9. The van der Waals surface area contributed by atoms with Gasteiger partial charge in [-0.05, 0) is 66.2 Å². The van der Waals surface area contributed by atoms with E-state index < -0.39 is 8.32 Å². The molecule has 5 rings (SSSR count). The zero-order valence-corrected chi connectivity index (χ0v) is 24.3. The number of hydrogen-bond acceptors (Lipinski definition) is 7. The third kappa shape index (κ3) is 5.15. The second kappa shape index (κ2) is 10.2. The zero-order valence-electron chi connectivity index (χ0n) is 23.3. The van der Waals surface area contributed by atoms with Crippen LogP contribution in [-0.4, -0.2) is 39.9 Å². The van der Waals surface area contributed by atoms with Gasteiger partial charge >= 0.3 is 0 Å². The van der Waals surface area contributed by atoms with E-state index in [1.54, 1.807) is 25.7 Å². The van der Waals surface area contributed by atoms with E-state index in [-0.39, 0.29) is 5.04 Å². The van der Waals surface area contributed by atoms with Crippen LogP contribution < -0.4 is 10.5 Å². The summed E-state index contributed by atoms with van der Waals surface area (Å²) in [5.74, 6) is 1.73. The molecule has 8 nitrogen and oxygen atoms in total. The summed E-state index contributed by atoms with van der Waals surface area (Å²) in [5.41, 5.74) is 12.1. The van der Waals surface area contributed by atoms with Gasteiger partial charge in [0.25, 0.3) is 0 Å². The molecule has 0 atom stereocenters.